The van der Waals surface area contributed by atoms with Gasteiger partial charge in [-0.15, -0.1) is 0 Å². The number of rotatable bonds is 14. The highest BCUT2D eigenvalue weighted by atomic mass is 16.6. The van der Waals surface area contributed by atoms with Crippen LogP contribution in [0, 0.1) is 0 Å². The van der Waals surface area contributed by atoms with Gasteiger partial charge < -0.3 is 4.74 Å². The fraction of sp³-hybridized carbons (Fsp3) is 0.536. The Hall–Kier alpha value is -2.89. The Morgan fingerprint density at radius 1 is 0.853 bits per heavy atom. The lowest BCUT2D eigenvalue weighted by Crippen LogP contribution is -2.41. The van der Waals surface area contributed by atoms with Gasteiger partial charge in [0, 0.05) is 0 Å². The van der Waals surface area contributed by atoms with E-state index < -0.39 is 0 Å². The van der Waals surface area contributed by atoms with Crippen molar-refractivity contribution in [3.05, 3.63) is 60.2 Å². The topological polar surface area (TPSA) is 60.2 Å². The number of nitrogens with zero attached hydrogens (tertiary/aromatic N) is 4. The minimum Gasteiger partial charge on any atom is -0.447 e. The van der Waals surface area contributed by atoms with E-state index in [2.05, 4.69) is 19.1 Å². The summed E-state index contributed by atoms with van der Waals surface area (Å²) in [6, 6.07) is 18.2. The average Bonchev–Trinajstić information content (AvgIpc) is 3.45. The van der Waals surface area contributed by atoms with Crippen LogP contribution in [-0.4, -0.2) is 38.6 Å². The average molecular weight is 463 g/mol. The number of cyclic esters (lactones) is 1. The van der Waals surface area contributed by atoms with Crippen LogP contribution in [-0.2, 0) is 11.2 Å². The maximum atomic E-state index is 12.9. The summed E-state index contributed by atoms with van der Waals surface area (Å²) in [6.07, 6.45) is 12.5. The van der Waals surface area contributed by atoms with Crippen molar-refractivity contribution in [1.29, 1.82) is 0 Å². The summed E-state index contributed by atoms with van der Waals surface area (Å²) in [5.74, 6) is 0. The van der Waals surface area contributed by atoms with Crippen molar-refractivity contribution in [3.8, 4) is 0 Å². The Kier molecular flexibility index (Phi) is 8.94. The first-order valence-corrected chi connectivity index (χ1v) is 13.1. The van der Waals surface area contributed by atoms with Crippen LogP contribution in [0.3, 0.4) is 0 Å². The molecule has 34 heavy (non-hydrogen) atoms. The Morgan fingerprint density at radius 3 is 2.09 bits per heavy atom. The maximum absolute atomic E-state index is 12.9. The molecule has 182 valence electrons. The maximum Gasteiger partial charge on any atom is 0.412 e. The molecule has 2 aromatic carbocycles. The fourth-order valence-corrected chi connectivity index (χ4v) is 4.89. The molecule has 2 heterocycles. The van der Waals surface area contributed by atoms with E-state index in [9.17, 15) is 4.79 Å². The second kappa shape index (κ2) is 12.5. The van der Waals surface area contributed by atoms with E-state index in [1.54, 1.807) is 4.80 Å². The van der Waals surface area contributed by atoms with Crippen LogP contribution in [0.15, 0.2) is 54.6 Å². The van der Waals surface area contributed by atoms with Gasteiger partial charge in [0.2, 0.25) is 0 Å². The van der Waals surface area contributed by atoms with Crippen molar-refractivity contribution >= 4 is 17.1 Å². The number of ether oxygens (including phenoxy) is 1. The van der Waals surface area contributed by atoms with Crippen LogP contribution in [0.2, 0.25) is 0 Å². The quantitative estimate of drug-likeness (QED) is 0.244. The lowest BCUT2D eigenvalue weighted by atomic mass is 10.0. The van der Waals surface area contributed by atoms with E-state index in [-0.39, 0.29) is 18.3 Å². The van der Waals surface area contributed by atoms with Crippen LogP contribution in [0.4, 0.5) is 4.79 Å². The standard InChI is InChI=1S/C28H38N4O2/c1-2-3-4-5-6-7-8-9-13-20-27(32-29-25-18-14-15-19-26(25)30-32)31-24(22-34-28(31)33)21-23-16-11-10-12-17-23/h10-12,14-19,24,27H,2-9,13,20-22H2,1H3/t24-,27?/m0/s1. The number of benzene rings is 2. The molecule has 2 atom stereocenters. The zero-order valence-corrected chi connectivity index (χ0v) is 20.4. The minimum atomic E-state index is -0.261. The first-order valence-electron chi connectivity index (χ1n) is 13.1. The second-order valence-corrected chi connectivity index (χ2v) is 9.43. The largest absolute Gasteiger partial charge is 0.447 e. The first-order chi connectivity index (χ1) is 16.8. The number of aromatic nitrogens is 3. The van der Waals surface area contributed by atoms with E-state index >= 15 is 0 Å². The normalized spacial score (nSPS) is 16.8. The fourth-order valence-electron chi connectivity index (χ4n) is 4.89. The Bertz CT molecular complexity index is 986. The predicted molar refractivity (Wildman–Crippen MR) is 136 cm³/mol. The van der Waals surface area contributed by atoms with Crippen molar-refractivity contribution in [2.75, 3.05) is 6.61 Å². The molecule has 4 rings (SSSR count). The molecule has 6 nitrogen and oxygen atoms in total. The smallest absolute Gasteiger partial charge is 0.412 e. The molecule has 1 aliphatic heterocycles. The molecule has 0 bridgehead atoms. The van der Waals surface area contributed by atoms with Crippen LogP contribution in [0.1, 0.15) is 82.9 Å². The summed E-state index contributed by atoms with van der Waals surface area (Å²) < 4.78 is 5.54. The highest BCUT2D eigenvalue weighted by molar-refractivity contribution is 5.73. The highest BCUT2D eigenvalue weighted by Gasteiger charge is 2.39. The van der Waals surface area contributed by atoms with Gasteiger partial charge >= 0.3 is 6.09 Å². The lowest BCUT2D eigenvalue weighted by molar-refractivity contribution is 0.103. The summed E-state index contributed by atoms with van der Waals surface area (Å²) in [5, 5.41) is 9.49. The number of carbonyl (C=O) groups is 1. The molecular weight excluding hydrogens is 424 g/mol. The molecule has 0 radical (unpaired) electrons. The van der Waals surface area contributed by atoms with Gasteiger partial charge in [0.25, 0.3) is 0 Å². The molecular formula is C28H38N4O2. The third kappa shape index (κ3) is 6.37. The van der Waals surface area contributed by atoms with Crippen LogP contribution < -0.4 is 0 Å². The number of amides is 1. The molecule has 0 aliphatic carbocycles. The van der Waals surface area contributed by atoms with E-state index in [1.807, 2.05) is 47.4 Å². The van der Waals surface area contributed by atoms with Gasteiger partial charge in [-0.05, 0) is 37.0 Å². The molecule has 6 heteroatoms. The number of fused-ring (bicyclic) bond motifs is 1. The van der Waals surface area contributed by atoms with Crippen molar-refractivity contribution in [2.24, 2.45) is 0 Å². The third-order valence-corrected chi connectivity index (χ3v) is 6.77. The first kappa shape index (κ1) is 24.2. The van der Waals surface area contributed by atoms with Gasteiger partial charge in [-0.2, -0.15) is 15.0 Å². The van der Waals surface area contributed by atoms with Gasteiger partial charge in [0.05, 0.1) is 6.04 Å². The van der Waals surface area contributed by atoms with Gasteiger partial charge in [0.1, 0.15) is 23.8 Å². The minimum absolute atomic E-state index is 0.0208. The number of hydrogen-bond donors (Lipinski definition) is 0. The van der Waals surface area contributed by atoms with E-state index in [0.29, 0.717) is 6.61 Å². The SMILES string of the molecule is CCCCCCCCCCCC(N1C(=O)OC[C@@H]1Cc1ccccc1)n1nc2ccccc2n1. The summed E-state index contributed by atoms with van der Waals surface area (Å²) in [6.45, 7) is 2.66. The van der Waals surface area contributed by atoms with E-state index in [0.717, 1.165) is 36.7 Å². The second-order valence-electron chi connectivity index (χ2n) is 9.43. The predicted octanol–water partition coefficient (Wildman–Crippen LogP) is 6.91. The molecule has 1 fully saturated rings. The Labute approximate surface area is 203 Å². The molecule has 0 saturated carbocycles. The molecule has 1 saturated heterocycles. The van der Waals surface area contributed by atoms with Crippen molar-refractivity contribution < 1.29 is 9.53 Å². The zero-order valence-electron chi connectivity index (χ0n) is 20.4. The Balaban J connectivity index is 1.43. The molecule has 1 aliphatic rings. The Morgan fingerprint density at radius 2 is 1.44 bits per heavy atom. The third-order valence-electron chi connectivity index (χ3n) is 6.77. The van der Waals surface area contributed by atoms with E-state index in [4.69, 9.17) is 14.9 Å². The molecule has 0 N–H and O–H groups in total. The van der Waals surface area contributed by atoms with Gasteiger partial charge in [-0.3, -0.25) is 4.90 Å². The van der Waals surface area contributed by atoms with Crippen molar-refractivity contribution in [2.45, 2.75) is 89.8 Å². The monoisotopic (exact) mass is 462 g/mol. The number of carbonyl (C=O) groups excluding carboxylic acids is 1. The molecule has 1 unspecified atom stereocenters. The summed E-state index contributed by atoms with van der Waals surface area (Å²) in [7, 11) is 0. The summed E-state index contributed by atoms with van der Waals surface area (Å²) in [4.78, 5) is 16.5. The highest BCUT2D eigenvalue weighted by Crippen LogP contribution is 2.29. The van der Waals surface area contributed by atoms with Gasteiger partial charge in [-0.1, -0.05) is 101 Å². The van der Waals surface area contributed by atoms with Crippen LogP contribution in [0.25, 0.3) is 11.0 Å². The zero-order chi connectivity index (χ0) is 23.6. The van der Waals surface area contributed by atoms with Gasteiger partial charge in [0.15, 0.2) is 0 Å². The number of unbranched alkanes of at least 4 members (excludes halogenated alkanes) is 8. The molecule has 3 aromatic rings. The molecule has 1 amide bonds. The van der Waals surface area contributed by atoms with Crippen LogP contribution >= 0.6 is 0 Å². The van der Waals surface area contributed by atoms with Gasteiger partial charge in [-0.25, -0.2) is 4.79 Å². The molecule has 1 aromatic heterocycles. The van der Waals surface area contributed by atoms with Crippen LogP contribution in [0.5, 0.6) is 0 Å². The van der Waals surface area contributed by atoms with E-state index in [1.165, 1.54) is 50.5 Å². The summed E-state index contributed by atoms with van der Waals surface area (Å²) >= 11 is 0. The van der Waals surface area contributed by atoms with Crippen molar-refractivity contribution in [1.82, 2.24) is 19.9 Å². The number of hydrogen-bond acceptors (Lipinski definition) is 4. The summed E-state index contributed by atoms with van der Waals surface area (Å²) in [5.41, 5.74) is 2.91. The van der Waals surface area contributed by atoms with Crippen molar-refractivity contribution in [3.63, 3.8) is 0 Å². The molecule has 0 spiro atoms. The lowest BCUT2D eigenvalue weighted by Gasteiger charge is -2.30.